The Kier molecular flexibility index (Phi) is 4.07. The van der Waals surface area contributed by atoms with Gasteiger partial charge in [0.1, 0.15) is 0 Å². The van der Waals surface area contributed by atoms with E-state index in [1.165, 1.54) is 4.31 Å². The Morgan fingerprint density at radius 2 is 1.88 bits per heavy atom. The maximum atomic E-state index is 12.3. The van der Waals surface area contributed by atoms with Crippen molar-refractivity contribution in [3.63, 3.8) is 0 Å². The SMILES string of the molecule is CN(CC1CC(O)C1)S(=O)(=O)C1CCNCC1. The van der Waals surface area contributed by atoms with E-state index in [2.05, 4.69) is 5.32 Å². The molecule has 0 atom stereocenters. The highest BCUT2D eigenvalue weighted by Gasteiger charge is 2.35. The first-order valence-electron chi connectivity index (χ1n) is 6.34. The van der Waals surface area contributed by atoms with Crippen molar-refractivity contribution in [1.82, 2.24) is 9.62 Å². The zero-order chi connectivity index (χ0) is 12.5. The van der Waals surface area contributed by atoms with Crippen LogP contribution >= 0.6 is 0 Å². The molecular formula is C11H22N2O3S. The summed E-state index contributed by atoms with van der Waals surface area (Å²) >= 11 is 0. The highest BCUT2D eigenvalue weighted by molar-refractivity contribution is 7.89. The van der Waals surface area contributed by atoms with Crippen molar-refractivity contribution in [1.29, 1.82) is 0 Å². The zero-order valence-corrected chi connectivity index (χ0v) is 11.1. The number of hydrogen-bond donors (Lipinski definition) is 2. The Balaban J connectivity index is 1.89. The molecule has 1 aliphatic carbocycles. The Labute approximate surface area is 103 Å². The fourth-order valence-corrected chi connectivity index (χ4v) is 4.42. The lowest BCUT2D eigenvalue weighted by Crippen LogP contribution is -2.45. The zero-order valence-electron chi connectivity index (χ0n) is 10.3. The minimum atomic E-state index is -3.14. The number of nitrogens with zero attached hydrogens (tertiary/aromatic N) is 1. The number of rotatable bonds is 4. The van der Waals surface area contributed by atoms with Crippen LogP contribution in [0.2, 0.25) is 0 Å². The largest absolute Gasteiger partial charge is 0.393 e. The van der Waals surface area contributed by atoms with Crippen LogP contribution in [0.3, 0.4) is 0 Å². The number of nitrogens with one attached hydrogen (secondary N) is 1. The van der Waals surface area contributed by atoms with Gasteiger partial charge < -0.3 is 10.4 Å². The average Bonchev–Trinajstić information content (AvgIpc) is 2.28. The van der Waals surface area contributed by atoms with Gasteiger partial charge in [0, 0.05) is 13.6 Å². The molecule has 1 saturated carbocycles. The molecule has 1 heterocycles. The van der Waals surface area contributed by atoms with Gasteiger partial charge >= 0.3 is 0 Å². The molecule has 0 bridgehead atoms. The molecule has 2 N–H and O–H groups in total. The lowest BCUT2D eigenvalue weighted by molar-refractivity contribution is 0.0366. The Morgan fingerprint density at radius 1 is 1.29 bits per heavy atom. The van der Waals surface area contributed by atoms with Crippen LogP contribution < -0.4 is 5.32 Å². The second-order valence-corrected chi connectivity index (χ2v) is 7.59. The third kappa shape index (κ3) is 2.99. The van der Waals surface area contributed by atoms with E-state index in [1.807, 2.05) is 0 Å². The van der Waals surface area contributed by atoms with Crippen LogP contribution in [0.25, 0.3) is 0 Å². The summed E-state index contributed by atoms with van der Waals surface area (Å²) in [5.41, 5.74) is 0. The highest BCUT2D eigenvalue weighted by Crippen LogP contribution is 2.29. The van der Waals surface area contributed by atoms with E-state index in [0.29, 0.717) is 25.3 Å². The van der Waals surface area contributed by atoms with Gasteiger partial charge in [-0.3, -0.25) is 0 Å². The molecule has 100 valence electrons. The van der Waals surface area contributed by atoms with Gasteiger partial charge in [-0.15, -0.1) is 0 Å². The molecule has 0 aromatic carbocycles. The third-order valence-corrected chi connectivity index (χ3v) is 6.20. The van der Waals surface area contributed by atoms with Gasteiger partial charge in [0.15, 0.2) is 0 Å². The Morgan fingerprint density at radius 3 is 2.41 bits per heavy atom. The van der Waals surface area contributed by atoms with Crippen molar-refractivity contribution >= 4 is 10.0 Å². The molecule has 0 amide bonds. The van der Waals surface area contributed by atoms with Crippen LogP contribution in [0.15, 0.2) is 0 Å². The predicted octanol–water partition coefficient (Wildman–Crippen LogP) is -0.229. The van der Waals surface area contributed by atoms with Crippen molar-refractivity contribution in [2.24, 2.45) is 5.92 Å². The van der Waals surface area contributed by atoms with Gasteiger partial charge in [-0.25, -0.2) is 12.7 Å². The van der Waals surface area contributed by atoms with Crippen molar-refractivity contribution < 1.29 is 13.5 Å². The summed E-state index contributed by atoms with van der Waals surface area (Å²) < 4.78 is 26.1. The summed E-state index contributed by atoms with van der Waals surface area (Å²) in [6, 6.07) is 0. The lowest BCUT2D eigenvalue weighted by Gasteiger charge is -2.35. The molecule has 2 fully saturated rings. The van der Waals surface area contributed by atoms with Gasteiger partial charge in [-0.2, -0.15) is 0 Å². The van der Waals surface area contributed by atoms with Gasteiger partial charge in [0.05, 0.1) is 11.4 Å². The highest BCUT2D eigenvalue weighted by atomic mass is 32.2. The predicted molar refractivity (Wildman–Crippen MR) is 66.2 cm³/mol. The molecule has 2 aliphatic rings. The lowest BCUT2D eigenvalue weighted by atomic mass is 9.82. The number of aliphatic hydroxyl groups excluding tert-OH is 1. The monoisotopic (exact) mass is 262 g/mol. The van der Waals surface area contributed by atoms with Gasteiger partial charge in [-0.1, -0.05) is 0 Å². The Hall–Kier alpha value is -0.170. The summed E-state index contributed by atoms with van der Waals surface area (Å²) in [5, 5.41) is 12.2. The van der Waals surface area contributed by atoms with Crippen LogP contribution in [-0.4, -0.2) is 55.9 Å². The number of piperidine rings is 1. The molecule has 0 radical (unpaired) electrons. The third-order valence-electron chi connectivity index (χ3n) is 3.87. The van der Waals surface area contributed by atoms with Crippen LogP contribution in [0.4, 0.5) is 0 Å². The van der Waals surface area contributed by atoms with E-state index in [9.17, 15) is 13.5 Å². The van der Waals surface area contributed by atoms with Gasteiger partial charge in [0.2, 0.25) is 10.0 Å². The van der Waals surface area contributed by atoms with E-state index < -0.39 is 10.0 Å². The first-order chi connectivity index (χ1) is 8.00. The second kappa shape index (κ2) is 5.22. The summed E-state index contributed by atoms with van der Waals surface area (Å²) in [5.74, 6) is 0.339. The first-order valence-corrected chi connectivity index (χ1v) is 7.84. The minimum Gasteiger partial charge on any atom is -0.393 e. The maximum Gasteiger partial charge on any atom is 0.216 e. The second-order valence-electron chi connectivity index (χ2n) is 5.27. The van der Waals surface area contributed by atoms with Crippen LogP contribution in [0, 0.1) is 5.92 Å². The van der Waals surface area contributed by atoms with Crippen molar-refractivity contribution in [2.45, 2.75) is 37.0 Å². The molecule has 0 aromatic heterocycles. The Bertz CT molecular complexity index is 346. The molecule has 1 saturated heterocycles. The number of aliphatic hydroxyl groups is 1. The van der Waals surface area contributed by atoms with Gasteiger partial charge in [-0.05, 0) is 44.7 Å². The summed E-state index contributed by atoms with van der Waals surface area (Å²) in [6.07, 6.45) is 2.69. The van der Waals surface area contributed by atoms with Crippen LogP contribution in [0.1, 0.15) is 25.7 Å². The van der Waals surface area contributed by atoms with E-state index in [-0.39, 0.29) is 11.4 Å². The molecule has 17 heavy (non-hydrogen) atoms. The van der Waals surface area contributed by atoms with Crippen molar-refractivity contribution in [3.8, 4) is 0 Å². The topological polar surface area (TPSA) is 69.6 Å². The molecule has 0 unspecified atom stereocenters. The maximum absolute atomic E-state index is 12.3. The molecule has 0 aromatic rings. The molecular weight excluding hydrogens is 240 g/mol. The normalized spacial score (nSPS) is 31.5. The van der Waals surface area contributed by atoms with Crippen molar-refractivity contribution in [2.75, 3.05) is 26.7 Å². The number of sulfonamides is 1. The standard InChI is InChI=1S/C11H22N2O3S/c1-13(8-9-6-10(14)7-9)17(15,16)11-2-4-12-5-3-11/h9-12,14H,2-8H2,1H3. The minimum absolute atomic E-state index is 0.213. The van der Waals surface area contributed by atoms with Crippen LogP contribution in [-0.2, 0) is 10.0 Å². The average molecular weight is 262 g/mol. The van der Waals surface area contributed by atoms with E-state index in [4.69, 9.17) is 0 Å². The molecule has 6 heteroatoms. The van der Waals surface area contributed by atoms with Crippen LogP contribution in [0.5, 0.6) is 0 Å². The summed E-state index contributed by atoms with van der Waals surface area (Å²) in [7, 11) is -1.47. The fourth-order valence-electron chi connectivity index (χ4n) is 2.66. The summed E-state index contributed by atoms with van der Waals surface area (Å²) in [4.78, 5) is 0. The van der Waals surface area contributed by atoms with Gasteiger partial charge in [0.25, 0.3) is 0 Å². The van der Waals surface area contributed by atoms with E-state index in [1.54, 1.807) is 7.05 Å². The molecule has 1 aliphatic heterocycles. The van der Waals surface area contributed by atoms with E-state index >= 15 is 0 Å². The molecule has 2 rings (SSSR count). The van der Waals surface area contributed by atoms with E-state index in [0.717, 1.165) is 25.9 Å². The quantitative estimate of drug-likeness (QED) is 0.734. The molecule has 0 spiro atoms. The fraction of sp³-hybridized carbons (Fsp3) is 1.00. The number of hydrogen-bond acceptors (Lipinski definition) is 4. The first kappa shape index (κ1) is 13.3. The van der Waals surface area contributed by atoms with Crippen molar-refractivity contribution in [3.05, 3.63) is 0 Å². The smallest absolute Gasteiger partial charge is 0.216 e. The summed E-state index contributed by atoms with van der Waals surface area (Å²) in [6.45, 7) is 2.14. The molecule has 5 nitrogen and oxygen atoms in total.